The fourth-order valence-corrected chi connectivity index (χ4v) is 4.99. The molecule has 1 aliphatic carbocycles. The number of rotatable bonds is 5. The molecule has 1 aliphatic heterocycles. The zero-order valence-corrected chi connectivity index (χ0v) is 18.9. The van der Waals surface area contributed by atoms with Crippen molar-refractivity contribution in [3.8, 4) is 22.9 Å². The van der Waals surface area contributed by atoms with Crippen LogP contribution in [0.2, 0.25) is 0 Å². The number of thioether (sulfide) groups is 1. The first-order valence-electron chi connectivity index (χ1n) is 11.0. The van der Waals surface area contributed by atoms with Crippen molar-refractivity contribution in [3.05, 3.63) is 53.6 Å². The molecule has 0 fully saturated rings. The molecule has 0 radical (unpaired) electrons. The van der Waals surface area contributed by atoms with E-state index >= 15 is 0 Å². The van der Waals surface area contributed by atoms with E-state index in [-0.39, 0.29) is 11.9 Å². The first-order valence-corrected chi connectivity index (χ1v) is 12.0. The van der Waals surface area contributed by atoms with E-state index in [1.807, 2.05) is 35.9 Å². The van der Waals surface area contributed by atoms with Gasteiger partial charge in [-0.05, 0) is 48.6 Å². The molecule has 1 atom stereocenters. The lowest BCUT2D eigenvalue weighted by molar-refractivity contribution is -0.119. The van der Waals surface area contributed by atoms with Gasteiger partial charge in [-0.2, -0.15) is 0 Å². The Balaban J connectivity index is 1.24. The van der Waals surface area contributed by atoms with Crippen molar-refractivity contribution in [1.82, 2.24) is 20.1 Å². The van der Waals surface area contributed by atoms with E-state index in [0.29, 0.717) is 24.1 Å². The molecule has 0 unspecified atom stereocenters. The predicted molar refractivity (Wildman–Crippen MR) is 123 cm³/mol. The summed E-state index contributed by atoms with van der Waals surface area (Å²) >= 11 is 1.39. The normalized spacial score (nSPS) is 17.3. The van der Waals surface area contributed by atoms with Crippen molar-refractivity contribution in [2.75, 3.05) is 19.0 Å². The van der Waals surface area contributed by atoms with Gasteiger partial charge in [-0.1, -0.05) is 36.0 Å². The van der Waals surface area contributed by atoms with Crippen molar-refractivity contribution < 1.29 is 14.3 Å². The summed E-state index contributed by atoms with van der Waals surface area (Å²) in [6.07, 6.45) is 4.02. The second kappa shape index (κ2) is 9.24. The van der Waals surface area contributed by atoms with Gasteiger partial charge in [0.15, 0.2) is 22.5 Å². The second-order valence-electron chi connectivity index (χ2n) is 8.08. The Bertz CT molecular complexity index is 1130. The summed E-state index contributed by atoms with van der Waals surface area (Å²) in [4.78, 5) is 12.7. The van der Waals surface area contributed by atoms with Gasteiger partial charge in [0.05, 0.1) is 25.0 Å². The largest absolute Gasteiger partial charge is 0.490 e. The fraction of sp³-hybridized carbons (Fsp3) is 0.375. The number of hydrogen-bond donors (Lipinski definition) is 1. The number of nitrogens with zero attached hydrogens (tertiary/aromatic N) is 3. The van der Waals surface area contributed by atoms with E-state index in [9.17, 15) is 4.79 Å². The van der Waals surface area contributed by atoms with E-state index in [4.69, 9.17) is 9.47 Å². The topological polar surface area (TPSA) is 78.3 Å². The highest BCUT2D eigenvalue weighted by Gasteiger charge is 2.22. The molecule has 1 amide bonds. The average Bonchev–Trinajstić information content (AvgIpc) is 3.02. The summed E-state index contributed by atoms with van der Waals surface area (Å²) in [5.74, 6) is 2.51. The lowest BCUT2D eigenvalue weighted by Crippen LogP contribution is -2.32. The summed E-state index contributed by atoms with van der Waals surface area (Å²) in [6, 6.07) is 14.3. The highest BCUT2D eigenvalue weighted by molar-refractivity contribution is 7.99. The van der Waals surface area contributed by atoms with Crippen LogP contribution in [-0.2, 0) is 18.3 Å². The third-order valence-corrected chi connectivity index (χ3v) is 6.90. The standard InChI is InChI=1S/C24H26N4O3S/c1-28-23(17-10-11-20-21(14-17)31-13-5-12-30-20)26-27-24(28)32-15-22(29)25-19-9-4-7-16-6-2-3-8-18(16)19/h2-3,6,8,10-11,14,19H,4-5,7,9,12-13,15H2,1H3,(H,25,29)/t19-/m1/s1. The van der Waals surface area contributed by atoms with Gasteiger partial charge in [-0.25, -0.2) is 0 Å². The van der Waals surface area contributed by atoms with Gasteiger partial charge >= 0.3 is 0 Å². The molecule has 0 spiro atoms. The molecule has 8 heteroatoms. The Morgan fingerprint density at radius 1 is 1.12 bits per heavy atom. The van der Waals surface area contributed by atoms with Crippen LogP contribution < -0.4 is 14.8 Å². The van der Waals surface area contributed by atoms with E-state index in [1.54, 1.807) is 0 Å². The number of ether oxygens (including phenoxy) is 2. The van der Waals surface area contributed by atoms with Crippen LogP contribution in [0, 0.1) is 0 Å². The lowest BCUT2D eigenvalue weighted by atomic mass is 9.88. The quantitative estimate of drug-likeness (QED) is 0.594. The van der Waals surface area contributed by atoms with Gasteiger partial charge in [0.25, 0.3) is 0 Å². The Labute approximate surface area is 191 Å². The molecule has 166 valence electrons. The van der Waals surface area contributed by atoms with Crippen LogP contribution in [0.15, 0.2) is 47.6 Å². The van der Waals surface area contributed by atoms with E-state index < -0.39 is 0 Å². The Morgan fingerprint density at radius 2 is 1.97 bits per heavy atom. The van der Waals surface area contributed by atoms with Crippen molar-refractivity contribution in [2.45, 2.75) is 36.9 Å². The number of aromatic nitrogens is 3. The van der Waals surface area contributed by atoms with Crippen LogP contribution in [0.3, 0.4) is 0 Å². The number of carbonyl (C=O) groups is 1. The Hall–Kier alpha value is -3.00. The molecule has 2 aromatic carbocycles. The molecule has 7 nitrogen and oxygen atoms in total. The summed E-state index contributed by atoms with van der Waals surface area (Å²) in [5.41, 5.74) is 3.48. The molecule has 3 aromatic rings. The number of nitrogens with one attached hydrogen (secondary N) is 1. The van der Waals surface area contributed by atoms with Crippen LogP contribution in [-0.4, -0.2) is 39.6 Å². The number of aryl methyl sites for hydroxylation is 1. The minimum absolute atomic E-state index is 0.0110. The smallest absolute Gasteiger partial charge is 0.230 e. The SMILES string of the molecule is Cn1c(SCC(=O)N[C@@H]2CCCc3ccccc32)nnc1-c1ccc2c(c1)OCCCO2. The maximum atomic E-state index is 12.7. The number of carbonyl (C=O) groups excluding carboxylic acids is 1. The molecule has 32 heavy (non-hydrogen) atoms. The third-order valence-electron chi connectivity index (χ3n) is 5.88. The van der Waals surface area contributed by atoms with Crippen molar-refractivity contribution in [1.29, 1.82) is 0 Å². The van der Waals surface area contributed by atoms with Crippen LogP contribution in [0.4, 0.5) is 0 Å². The first-order chi connectivity index (χ1) is 15.7. The Kier molecular flexibility index (Phi) is 6.03. The minimum Gasteiger partial charge on any atom is -0.490 e. The number of benzene rings is 2. The number of fused-ring (bicyclic) bond motifs is 2. The number of hydrogen-bond acceptors (Lipinski definition) is 6. The van der Waals surface area contributed by atoms with E-state index in [2.05, 4.69) is 33.7 Å². The van der Waals surface area contributed by atoms with Gasteiger partial charge in [0.1, 0.15) is 0 Å². The molecule has 0 saturated heterocycles. The molecule has 0 bridgehead atoms. The Morgan fingerprint density at radius 3 is 2.88 bits per heavy atom. The van der Waals surface area contributed by atoms with Crippen LogP contribution >= 0.6 is 11.8 Å². The third kappa shape index (κ3) is 4.32. The second-order valence-corrected chi connectivity index (χ2v) is 9.02. The molecular formula is C24H26N4O3S. The van der Waals surface area contributed by atoms with Gasteiger partial charge in [0.2, 0.25) is 5.91 Å². The van der Waals surface area contributed by atoms with Crippen molar-refractivity contribution in [2.24, 2.45) is 7.05 Å². The van der Waals surface area contributed by atoms with Crippen LogP contribution in [0.1, 0.15) is 36.4 Å². The van der Waals surface area contributed by atoms with Gasteiger partial charge in [0, 0.05) is 19.0 Å². The highest BCUT2D eigenvalue weighted by atomic mass is 32.2. The zero-order valence-electron chi connectivity index (χ0n) is 18.0. The molecule has 1 N–H and O–H groups in total. The van der Waals surface area contributed by atoms with Gasteiger partial charge in [-0.15, -0.1) is 10.2 Å². The van der Waals surface area contributed by atoms with E-state index in [0.717, 1.165) is 48.6 Å². The maximum Gasteiger partial charge on any atom is 0.230 e. The predicted octanol–water partition coefficient (Wildman–Crippen LogP) is 3.93. The summed E-state index contributed by atoms with van der Waals surface area (Å²) in [6.45, 7) is 1.29. The first kappa shape index (κ1) is 20.9. The summed E-state index contributed by atoms with van der Waals surface area (Å²) < 4.78 is 13.4. The monoisotopic (exact) mass is 450 g/mol. The lowest BCUT2D eigenvalue weighted by Gasteiger charge is -2.26. The van der Waals surface area contributed by atoms with Gasteiger partial charge in [-0.3, -0.25) is 4.79 Å². The highest BCUT2D eigenvalue weighted by Crippen LogP contribution is 2.34. The minimum atomic E-state index is 0.0110. The van der Waals surface area contributed by atoms with Crippen LogP contribution in [0.5, 0.6) is 11.5 Å². The molecule has 1 aromatic heterocycles. The summed E-state index contributed by atoms with van der Waals surface area (Å²) in [7, 11) is 1.91. The molecule has 2 aliphatic rings. The maximum absolute atomic E-state index is 12.7. The van der Waals surface area contributed by atoms with Gasteiger partial charge < -0.3 is 19.4 Å². The molecule has 2 heterocycles. The average molecular weight is 451 g/mol. The zero-order chi connectivity index (χ0) is 21.9. The molecule has 5 rings (SSSR count). The van der Waals surface area contributed by atoms with Crippen molar-refractivity contribution in [3.63, 3.8) is 0 Å². The number of amides is 1. The van der Waals surface area contributed by atoms with E-state index in [1.165, 1.54) is 22.9 Å². The van der Waals surface area contributed by atoms with Crippen molar-refractivity contribution >= 4 is 17.7 Å². The summed E-state index contributed by atoms with van der Waals surface area (Å²) in [5, 5.41) is 12.5. The van der Waals surface area contributed by atoms with Crippen LogP contribution in [0.25, 0.3) is 11.4 Å². The fourth-order valence-electron chi connectivity index (χ4n) is 4.26. The molecular weight excluding hydrogens is 424 g/mol. The molecule has 0 saturated carbocycles.